The number of carbonyl (C=O) groups excluding carboxylic acids is 4. The molecular formula is C44H51F3N8O6. The monoisotopic (exact) mass is 844 g/mol. The molecule has 61 heavy (non-hydrogen) atoms. The average Bonchev–Trinajstić information content (AvgIpc) is 3.68. The van der Waals surface area contributed by atoms with E-state index < -0.39 is 23.7 Å². The summed E-state index contributed by atoms with van der Waals surface area (Å²) in [6, 6.07) is 12.6. The van der Waals surface area contributed by atoms with Crippen LogP contribution in [0.15, 0.2) is 60.8 Å². The molecule has 0 aliphatic carbocycles. The molecule has 4 fully saturated rings. The fraction of sp³-hybridized carbons (Fsp3) is 0.477. The van der Waals surface area contributed by atoms with Crippen molar-refractivity contribution >= 4 is 46.0 Å². The number of aromatic nitrogens is 2. The van der Waals surface area contributed by atoms with Gasteiger partial charge in [-0.25, -0.2) is 4.79 Å². The first-order valence-electron chi connectivity index (χ1n) is 20.9. The van der Waals surface area contributed by atoms with Gasteiger partial charge in [-0.05, 0) is 99.5 Å². The number of urea groups is 1. The summed E-state index contributed by atoms with van der Waals surface area (Å²) in [4.78, 5) is 59.3. The zero-order chi connectivity index (χ0) is 42.9. The van der Waals surface area contributed by atoms with Crippen LogP contribution in [0, 0.1) is 5.41 Å². The van der Waals surface area contributed by atoms with Crippen molar-refractivity contribution in [2.75, 3.05) is 83.3 Å². The standard InChI is InChI=1S/C44H51F3N8O6/c1-60-37-7-6-30(26-36(37)54-17-10-39(56)49-42(54)59)41(58)53-20-13-43(14-21-53)11-18-52(19-12-43)23-22-51-15-8-33(9-16-51)55-28-31-25-35(38(61-2)27-34(31)50-55)48-40(57)29-4-3-5-32(24-29)44(45,46)47/h3-7,24-28,33H,8-23H2,1-2H3,(H,48,57)(H,49,56,59). The lowest BCUT2D eigenvalue weighted by atomic mass is 9.71. The Morgan fingerprint density at radius 1 is 0.836 bits per heavy atom. The minimum absolute atomic E-state index is 0.0656. The molecule has 5 amide bonds. The highest BCUT2D eigenvalue weighted by molar-refractivity contribution is 6.07. The zero-order valence-corrected chi connectivity index (χ0v) is 34.4. The Hall–Kier alpha value is -5.68. The number of halogens is 3. The van der Waals surface area contributed by atoms with Crippen LogP contribution in [0.5, 0.6) is 11.5 Å². The number of nitrogens with one attached hydrogen (secondary N) is 2. The Morgan fingerprint density at radius 3 is 2.20 bits per heavy atom. The number of rotatable bonds is 10. The summed E-state index contributed by atoms with van der Waals surface area (Å²) in [5, 5.41) is 10.7. The van der Waals surface area contributed by atoms with E-state index in [1.54, 1.807) is 30.3 Å². The Kier molecular flexibility index (Phi) is 12.0. The fourth-order valence-electron chi connectivity index (χ4n) is 9.19. The van der Waals surface area contributed by atoms with Crippen molar-refractivity contribution in [2.24, 2.45) is 5.41 Å². The second kappa shape index (κ2) is 17.4. The van der Waals surface area contributed by atoms with E-state index in [1.165, 1.54) is 31.3 Å². The van der Waals surface area contributed by atoms with Crippen LogP contribution < -0.4 is 25.0 Å². The van der Waals surface area contributed by atoms with Crippen LogP contribution in [0.3, 0.4) is 0 Å². The third-order valence-electron chi connectivity index (χ3n) is 13.0. The first-order valence-corrected chi connectivity index (χ1v) is 20.9. The fourth-order valence-corrected chi connectivity index (χ4v) is 9.19. The van der Waals surface area contributed by atoms with Crippen molar-refractivity contribution in [3.63, 3.8) is 0 Å². The van der Waals surface area contributed by atoms with Gasteiger partial charge in [0, 0.05) is 81.0 Å². The van der Waals surface area contributed by atoms with Gasteiger partial charge >= 0.3 is 12.2 Å². The summed E-state index contributed by atoms with van der Waals surface area (Å²) in [6.07, 6.45) is 3.60. The molecule has 0 atom stereocenters. The van der Waals surface area contributed by atoms with Crippen LogP contribution in [0.1, 0.15) is 77.3 Å². The molecule has 1 spiro atoms. The molecule has 8 rings (SSSR count). The van der Waals surface area contributed by atoms with Crippen molar-refractivity contribution < 1.29 is 41.8 Å². The molecule has 0 bridgehead atoms. The van der Waals surface area contributed by atoms with Gasteiger partial charge in [0.1, 0.15) is 11.5 Å². The second-order valence-electron chi connectivity index (χ2n) is 16.6. The maximum Gasteiger partial charge on any atom is 0.416 e. The van der Waals surface area contributed by atoms with Crippen molar-refractivity contribution in [1.82, 2.24) is 29.8 Å². The lowest BCUT2D eigenvalue weighted by molar-refractivity contribution is -0.137. The highest BCUT2D eigenvalue weighted by Crippen LogP contribution is 2.42. The largest absolute Gasteiger partial charge is 0.495 e. The molecule has 14 nitrogen and oxygen atoms in total. The van der Waals surface area contributed by atoms with Crippen molar-refractivity contribution in [3.8, 4) is 11.5 Å². The lowest BCUT2D eigenvalue weighted by Crippen LogP contribution is -2.50. The van der Waals surface area contributed by atoms with E-state index in [0.717, 1.165) is 95.3 Å². The second-order valence-corrected chi connectivity index (χ2v) is 16.6. The van der Waals surface area contributed by atoms with Gasteiger partial charge in [0.15, 0.2) is 0 Å². The van der Waals surface area contributed by atoms with E-state index in [-0.39, 0.29) is 41.8 Å². The number of alkyl halides is 3. The molecule has 1 aromatic heterocycles. The average molecular weight is 845 g/mol. The van der Waals surface area contributed by atoms with E-state index in [0.29, 0.717) is 47.0 Å². The lowest BCUT2D eigenvalue weighted by Gasteiger charge is -2.47. The zero-order valence-electron chi connectivity index (χ0n) is 34.4. The Labute approximate surface area is 351 Å². The molecule has 0 radical (unpaired) electrons. The SMILES string of the molecule is COc1cc2nn(C3CCN(CCN4CCC5(CC4)CCN(C(=O)c4ccc(OC)c(N6CCC(=O)NC6=O)c4)CC5)CC3)cc2cc1NC(=O)c1cccc(C(F)(F)F)c1. The molecule has 3 aromatic carbocycles. The van der Waals surface area contributed by atoms with E-state index >= 15 is 0 Å². The number of amides is 5. The Balaban J connectivity index is 0.789. The molecule has 4 aliphatic heterocycles. The number of hydrogen-bond acceptors (Lipinski definition) is 9. The van der Waals surface area contributed by atoms with Crippen molar-refractivity contribution in [3.05, 3.63) is 77.5 Å². The summed E-state index contributed by atoms with van der Waals surface area (Å²) in [5.74, 6) is -0.229. The van der Waals surface area contributed by atoms with Gasteiger partial charge in [0.05, 0.1) is 42.7 Å². The van der Waals surface area contributed by atoms with Crippen LogP contribution >= 0.6 is 0 Å². The van der Waals surface area contributed by atoms with E-state index in [9.17, 15) is 32.3 Å². The number of benzene rings is 3. The predicted octanol–water partition coefficient (Wildman–Crippen LogP) is 6.43. The number of carbonyl (C=O) groups is 4. The van der Waals surface area contributed by atoms with Crippen molar-refractivity contribution in [1.29, 1.82) is 0 Å². The number of ether oxygens (including phenoxy) is 2. The minimum Gasteiger partial charge on any atom is -0.495 e. The van der Waals surface area contributed by atoms with Crippen LogP contribution in [0.2, 0.25) is 0 Å². The predicted molar refractivity (Wildman–Crippen MR) is 222 cm³/mol. The quantitative estimate of drug-likeness (QED) is 0.185. The normalized spacial score (nSPS) is 19.3. The molecule has 4 aromatic rings. The highest BCUT2D eigenvalue weighted by atomic mass is 19.4. The first kappa shape index (κ1) is 42.0. The van der Waals surface area contributed by atoms with Gasteiger partial charge < -0.3 is 29.5 Å². The molecule has 324 valence electrons. The van der Waals surface area contributed by atoms with E-state index in [4.69, 9.17) is 14.6 Å². The van der Waals surface area contributed by atoms with Crippen molar-refractivity contribution in [2.45, 2.75) is 57.2 Å². The first-order chi connectivity index (χ1) is 29.3. The summed E-state index contributed by atoms with van der Waals surface area (Å²) in [5.41, 5.74) is 1.26. The van der Waals surface area contributed by atoms with Gasteiger partial charge in [-0.1, -0.05) is 6.07 Å². The maximum absolute atomic E-state index is 13.7. The van der Waals surface area contributed by atoms with Gasteiger partial charge in [-0.15, -0.1) is 0 Å². The van der Waals surface area contributed by atoms with Crippen LogP contribution in [-0.2, 0) is 11.0 Å². The summed E-state index contributed by atoms with van der Waals surface area (Å²) < 4.78 is 52.7. The molecule has 0 unspecified atom stereocenters. The number of piperidine rings is 3. The third kappa shape index (κ3) is 9.17. The van der Waals surface area contributed by atoms with E-state index in [2.05, 4.69) is 20.4 Å². The summed E-state index contributed by atoms with van der Waals surface area (Å²) in [6.45, 7) is 7.58. The van der Waals surface area contributed by atoms with Crippen LogP contribution in [-0.4, -0.2) is 121 Å². The van der Waals surface area contributed by atoms with Gasteiger partial charge in [0.2, 0.25) is 5.91 Å². The third-order valence-corrected chi connectivity index (χ3v) is 13.0. The number of hydrogen-bond donors (Lipinski definition) is 2. The van der Waals surface area contributed by atoms with Gasteiger partial charge in [-0.3, -0.25) is 29.3 Å². The van der Waals surface area contributed by atoms with Gasteiger partial charge in [0.25, 0.3) is 11.8 Å². The molecule has 2 N–H and O–H groups in total. The number of anilines is 2. The number of imide groups is 1. The Bertz CT molecular complexity index is 2290. The number of likely N-dealkylation sites (tertiary alicyclic amines) is 3. The molecule has 0 saturated carbocycles. The maximum atomic E-state index is 13.7. The topological polar surface area (TPSA) is 142 Å². The summed E-state index contributed by atoms with van der Waals surface area (Å²) >= 11 is 0. The van der Waals surface area contributed by atoms with Gasteiger partial charge in [-0.2, -0.15) is 18.3 Å². The smallest absolute Gasteiger partial charge is 0.416 e. The molecule has 5 heterocycles. The highest BCUT2D eigenvalue weighted by Gasteiger charge is 2.39. The summed E-state index contributed by atoms with van der Waals surface area (Å²) in [7, 11) is 2.98. The number of nitrogens with zero attached hydrogens (tertiary/aromatic N) is 6. The van der Waals surface area contributed by atoms with Crippen LogP contribution in [0.4, 0.5) is 29.3 Å². The minimum atomic E-state index is -4.56. The van der Waals surface area contributed by atoms with Crippen LogP contribution in [0.25, 0.3) is 10.9 Å². The molecule has 17 heteroatoms. The molecule has 4 saturated heterocycles. The number of fused-ring (bicyclic) bond motifs is 1. The molecule has 4 aliphatic rings. The molecular weight excluding hydrogens is 794 g/mol. The number of methoxy groups -OCH3 is 2. The van der Waals surface area contributed by atoms with E-state index in [1.807, 2.05) is 15.8 Å². The Morgan fingerprint density at radius 2 is 1.52 bits per heavy atom.